The monoisotopic (exact) mass is 672 g/mol. The SMILES string of the molecule is COc1cc(N)c(N)cc1OC(F)(F)C(F)(F)C(F)(F)C(F)(F)C(F)(F)C(F)(F)C(F)(F)C(F)(F)C(F)(F)C(F)(F)F. The van der Waals surface area contributed by atoms with Gasteiger partial charge < -0.3 is 20.9 Å². The van der Waals surface area contributed by atoms with Gasteiger partial charge in [-0.3, -0.25) is 0 Å². The normalized spacial score (nSPS) is 15.6. The molecule has 0 bridgehead atoms. The predicted molar refractivity (Wildman–Crippen MR) is 93.0 cm³/mol. The molecule has 246 valence electrons. The van der Waals surface area contributed by atoms with Gasteiger partial charge in [-0.05, 0) is 0 Å². The Bertz CT molecular complexity index is 1160. The van der Waals surface area contributed by atoms with Crippen LogP contribution in [-0.2, 0) is 0 Å². The first-order valence-electron chi connectivity index (χ1n) is 9.47. The van der Waals surface area contributed by atoms with Crippen LogP contribution in [0.1, 0.15) is 0 Å². The molecule has 0 atom stereocenters. The van der Waals surface area contributed by atoms with Crippen molar-refractivity contribution in [2.75, 3.05) is 18.6 Å². The lowest BCUT2D eigenvalue weighted by Crippen LogP contribution is -2.77. The average Bonchev–Trinajstić information content (AvgIpc) is 2.79. The number of rotatable bonds is 11. The van der Waals surface area contributed by atoms with E-state index < -0.39 is 82.5 Å². The second-order valence-corrected chi connectivity index (χ2v) is 7.84. The minimum Gasteiger partial charge on any atom is -0.493 e. The number of anilines is 2. The Morgan fingerprint density at radius 1 is 0.429 bits per heavy atom. The van der Waals surface area contributed by atoms with Crippen molar-refractivity contribution >= 4 is 11.4 Å². The lowest BCUT2D eigenvalue weighted by Gasteiger charge is -2.44. The molecule has 25 heteroatoms. The van der Waals surface area contributed by atoms with Crippen LogP contribution in [0.2, 0.25) is 0 Å². The van der Waals surface area contributed by atoms with E-state index in [4.69, 9.17) is 11.5 Å². The molecule has 4 N–H and O–H groups in total. The van der Waals surface area contributed by atoms with Gasteiger partial charge in [0.1, 0.15) is 0 Å². The number of hydrogen-bond donors (Lipinski definition) is 2. The molecule has 0 fully saturated rings. The molecule has 0 aromatic heterocycles. The third-order valence-electron chi connectivity index (χ3n) is 5.09. The highest BCUT2D eigenvalue weighted by atomic mass is 19.4. The van der Waals surface area contributed by atoms with E-state index in [-0.39, 0.29) is 6.07 Å². The van der Waals surface area contributed by atoms with Crippen LogP contribution in [0, 0.1) is 0 Å². The van der Waals surface area contributed by atoms with Crippen LogP contribution in [0.3, 0.4) is 0 Å². The van der Waals surface area contributed by atoms with Crippen molar-refractivity contribution in [2.24, 2.45) is 0 Å². The molecule has 0 aliphatic carbocycles. The number of benzene rings is 1. The van der Waals surface area contributed by atoms with Crippen LogP contribution in [0.4, 0.5) is 104 Å². The Kier molecular flexibility index (Phi) is 8.57. The molecular formula is C17H9F21N2O2. The van der Waals surface area contributed by atoms with Gasteiger partial charge in [0.05, 0.1) is 18.5 Å². The lowest BCUT2D eigenvalue weighted by molar-refractivity contribution is -0.480. The number of hydrogen-bond acceptors (Lipinski definition) is 4. The van der Waals surface area contributed by atoms with Gasteiger partial charge in [0.2, 0.25) is 0 Å². The summed E-state index contributed by atoms with van der Waals surface area (Å²) >= 11 is 0. The largest absolute Gasteiger partial charge is 0.493 e. The second-order valence-electron chi connectivity index (χ2n) is 7.84. The first-order valence-corrected chi connectivity index (χ1v) is 9.47. The summed E-state index contributed by atoms with van der Waals surface area (Å²) in [6.07, 6.45) is -15.4. The van der Waals surface area contributed by atoms with Crippen LogP contribution in [-0.4, -0.2) is 66.8 Å². The summed E-state index contributed by atoms with van der Waals surface area (Å²) in [4.78, 5) is 0. The Balaban J connectivity index is 3.79. The third-order valence-corrected chi connectivity index (χ3v) is 5.09. The molecule has 1 rings (SSSR count). The highest BCUT2D eigenvalue weighted by Crippen LogP contribution is 2.66. The molecule has 0 amide bonds. The molecule has 0 heterocycles. The maximum absolute atomic E-state index is 14.0. The highest BCUT2D eigenvalue weighted by molar-refractivity contribution is 5.69. The van der Waals surface area contributed by atoms with E-state index in [9.17, 15) is 92.2 Å². The van der Waals surface area contributed by atoms with Crippen LogP contribution in [0.5, 0.6) is 11.5 Å². The first-order chi connectivity index (χ1) is 18.1. The van der Waals surface area contributed by atoms with E-state index in [1.165, 1.54) is 0 Å². The van der Waals surface area contributed by atoms with Gasteiger partial charge in [-0.1, -0.05) is 0 Å². The zero-order chi connectivity index (χ0) is 34.1. The number of alkyl halides is 21. The van der Waals surface area contributed by atoms with Gasteiger partial charge in [0.15, 0.2) is 11.5 Å². The number of ether oxygens (including phenoxy) is 2. The quantitative estimate of drug-likeness (QED) is 0.189. The molecule has 0 unspecified atom stereocenters. The lowest BCUT2D eigenvalue weighted by atomic mass is 9.87. The number of halogens is 21. The van der Waals surface area contributed by atoms with Crippen molar-refractivity contribution in [3.8, 4) is 11.5 Å². The summed E-state index contributed by atoms with van der Waals surface area (Å²) in [6, 6.07) is 0.250. The summed E-state index contributed by atoms with van der Waals surface area (Å²) in [6.45, 7) is 0. The molecule has 42 heavy (non-hydrogen) atoms. The van der Waals surface area contributed by atoms with E-state index in [1.54, 1.807) is 0 Å². The maximum Gasteiger partial charge on any atom is 0.471 e. The molecule has 0 aliphatic rings. The summed E-state index contributed by atoms with van der Waals surface area (Å²) in [5.41, 5.74) is 8.63. The Morgan fingerprint density at radius 3 is 0.976 bits per heavy atom. The van der Waals surface area contributed by atoms with Gasteiger partial charge in [0, 0.05) is 12.1 Å². The van der Waals surface area contributed by atoms with Crippen molar-refractivity contribution < 1.29 is 102 Å². The predicted octanol–water partition coefficient (Wildman–Crippen LogP) is 7.48. The maximum atomic E-state index is 14.0. The summed E-state index contributed by atoms with van der Waals surface area (Å²) in [7, 11) is 0.498. The minimum absolute atomic E-state index is 0.0688. The molecule has 1 aromatic carbocycles. The van der Waals surface area contributed by atoms with E-state index in [2.05, 4.69) is 9.47 Å². The standard InChI is InChI=1S/C17H9F21N2O2/c1-41-6-2-4(39)5(40)3-7(6)42-17(37,38)15(32,33)13(28,29)11(24,25)9(20,21)8(18,19)10(22,23)12(26,27)14(30,31)16(34,35)36/h2-3H,39-40H2,1H3. The third kappa shape index (κ3) is 4.69. The van der Waals surface area contributed by atoms with E-state index in [0.29, 0.717) is 13.2 Å². The fraction of sp³-hybridized carbons (Fsp3) is 0.647. The van der Waals surface area contributed by atoms with Crippen molar-refractivity contribution in [3.63, 3.8) is 0 Å². The summed E-state index contributed by atoms with van der Waals surface area (Å²) in [5.74, 6) is -74.5. The molecule has 1 aromatic rings. The molecule has 0 saturated heterocycles. The molecule has 4 nitrogen and oxygen atoms in total. The van der Waals surface area contributed by atoms with Crippen molar-refractivity contribution in [3.05, 3.63) is 12.1 Å². The smallest absolute Gasteiger partial charge is 0.471 e. The van der Waals surface area contributed by atoms with Gasteiger partial charge in [-0.15, -0.1) is 0 Å². The van der Waals surface area contributed by atoms with Crippen LogP contribution in [0.15, 0.2) is 12.1 Å². The molecule has 0 radical (unpaired) electrons. The Morgan fingerprint density at radius 2 is 0.690 bits per heavy atom. The molecule has 0 aliphatic heterocycles. The number of nitrogens with two attached hydrogens (primary N) is 2. The van der Waals surface area contributed by atoms with Gasteiger partial charge in [-0.25, -0.2) is 0 Å². The fourth-order valence-electron chi connectivity index (χ4n) is 2.58. The van der Waals surface area contributed by atoms with E-state index >= 15 is 0 Å². The van der Waals surface area contributed by atoms with Crippen LogP contribution < -0.4 is 20.9 Å². The van der Waals surface area contributed by atoms with Gasteiger partial charge in [0.25, 0.3) is 0 Å². The number of methoxy groups -OCH3 is 1. The number of nitrogen functional groups attached to an aromatic ring is 2. The van der Waals surface area contributed by atoms with Crippen LogP contribution in [0.25, 0.3) is 0 Å². The summed E-state index contributed by atoms with van der Waals surface area (Å²) in [5, 5.41) is 0. The molecular weight excluding hydrogens is 663 g/mol. The first kappa shape index (κ1) is 37.0. The Hall–Kier alpha value is -3.05. The summed E-state index contributed by atoms with van der Waals surface area (Å²) < 4.78 is 289. The van der Waals surface area contributed by atoms with Crippen LogP contribution >= 0.6 is 0 Å². The van der Waals surface area contributed by atoms with Gasteiger partial charge in [-0.2, -0.15) is 92.2 Å². The second kappa shape index (κ2) is 9.74. The zero-order valence-corrected chi connectivity index (χ0v) is 19.1. The molecule has 0 spiro atoms. The Labute approximate surface area is 216 Å². The van der Waals surface area contributed by atoms with E-state index in [0.717, 1.165) is 0 Å². The van der Waals surface area contributed by atoms with Crippen molar-refractivity contribution in [1.82, 2.24) is 0 Å². The van der Waals surface area contributed by atoms with Crippen molar-refractivity contribution in [2.45, 2.75) is 59.7 Å². The molecule has 0 saturated carbocycles. The average molecular weight is 672 g/mol. The minimum atomic E-state index is -9.26. The van der Waals surface area contributed by atoms with Gasteiger partial charge >= 0.3 is 59.7 Å². The topological polar surface area (TPSA) is 70.5 Å². The zero-order valence-electron chi connectivity index (χ0n) is 19.1. The highest BCUT2D eigenvalue weighted by Gasteiger charge is 2.98. The van der Waals surface area contributed by atoms with Crippen molar-refractivity contribution in [1.29, 1.82) is 0 Å². The van der Waals surface area contributed by atoms with E-state index in [1.807, 2.05) is 0 Å². The fourth-order valence-corrected chi connectivity index (χ4v) is 2.58.